The molecule has 0 saturated carbocycles. The van der Waals surface area contributed by atoms with Crippen molar-refractivity contribution in [3.05, 3.63) is 34.5 Å². The summed E-state index contributed by atoms with van der Waals surface area (Å²) in [5, 5.41) is 13.1. The highest BCUT2D eigenvalue weighted by molar-refractivity contribution is 6.32. The molecule has 0 aliphatic rings. The smallest absolute Gasteiger partial charge is 0.374 e. The second kappa shape index (κ2) is 5.54. The highest BCUT2D eigenvalue weighted by Crippen LogP contribution is 2.37. The van der Waals surface area contributed by atoms with Gasteiger partial charge in [0.05, 0.1) is 7.11 Å². The topological polar surface area (TPSA) is 72.6 Å². The minimum absolute atomic E-state index is 0.207. The number of halogens is 1. The van der Waals surface area contributed by atoms with Crippen molar-refractivity contribution < 1.29 is 19.2 Å². The van der Waals surface area contributed by atoms with Crippen LogP contribution in [0.4, 0.5) is 0 Å². The summed E-state index contributed by atoms with van der Waals surface area (Å²) in [6.07, 6.45) is 0. The number of aromatic carboxylic acids is 1. The summed E-state index contributed by atoms with van der Waals surface area (Å²) in [5.74, 6) is -0.538. The molecule has 0 radical (unpaired) electrons. The van der Waals surface area contributed by atoms with Crippen LogP contribution in [0.1, 0.15) is 35.9 Å². The van der Waals surface area contributed by atoms with Gasteiger partial charge in [0.2, 0.25) is 5.76 Å². The highest BCUT2D eigenvalue weighted by atomic mass is 35.5. The number of carboxylic acids is 1. The van der Waals surface area contributed by atoms with E-state index in [1.807, 2.05) is 13.8 Å². The Labute approximate surface area is 121 Å². The molecule has 1 N–H and O–H groups in total. The Balaban J connectivity index is 2.52. The van der Waals surface area contributed by atoms with E-state index in [4.69, 9.17) is 26.0 Å². The first-order chi connectivity index (χ1) is 9.43. The molecule has 1 heterocycles. The van der Waals surface area contributed by atoms with Gasteiger partial charge in [-0.2, -0.15) is 0 Å². The molecule has 0 saturated heterocycles. The zero-order valence-corrected chi connectivity index (χ0v) is 12.1. The molecule has 5 nitrogen and oxygen atoms in total. The summed E-state index contributed by atoms with van der Waals surface area (Å²) in [6, 6.07) is 4.84. The van der Waals surface area contributed by atoms with E-state index in [9.17, 15) is 4.79 Å². The Bertz CT molecular complexity index is 649. The minimum atomic E-state index is -1.17. The first-order valence-electron chi connectivity index (χ1n) is 6.01. The van der Waals surface area contributed by atoms with E-state index in [1.165, 1.54) is 6.07 Å². The van der Waals surface area contributed by atoms with Gasteiger partial charge in [0.15, 0.2) is 0 Å². The van der Waals surface area contributed by atoms with E-state index < -0.39 is 5.97 Å². The summed E-state index contributed by atoms with van der Waals surface area (Å²) in [6.45, 7) is 4.03. The third-order valence-electron chi connectivity index (χ3n) is 2.91. The van der Waals surface area contributed by atoms with Gasteiger partial charge in [-0.25, -0.2) is 4.79 Å². The van der Waals surface area contributed by atoms with Crippen molar-refractivity contribution in [1.29, 1.82) is 0 Å². The number of methoxy groups -OCH3 is 1. The SMILES string of the molecule is COc1cc(-c2cc(C(=O)O)on2)cc(Cl)c1C(C)C. The van der Waals surface area contributed by atoms with Crippen LogP contribution in [0, 0.1) is 0 Å². The molecule has 0 fully saturated rings. The molecule has 0 aliphatic carbocycles. The standard InChI is InChI=1S/C14H14ClNO4/c1-7(2)13-9(15)4-8(5-11(13)19-3)10-6-12(14(17)18)20-16-10/h4-7H,1-3H3,(H,17,18). The lowest BCUT2D eigenvalue weighted by Crippen LogP contribution is -1.96. The Morgan fingerprint density at radius 2 is 2.10 bits per heavy atom. The molecule has 1 aromatic carbocycles. The Kier molecular flexibility index (Phi) is 3.99. The van der Waals surface area contributed by atoms with Crippen molar-refractivity contribution in [3.8, 4) is 17.0 Å². The van der Waals surface area contributed by atoms with Gasteiger partial charge in [-0.3, -0.25) is 0 Å². The molecule has 1 aromatic heterocycles. The fourth-order valence-corrected chi connectivity index (χ4v) is 2.41. The molecule has 106 valence electrons. The quantitative estimate of drug-likeness (QED) is 0.928. The van der Waals surface area contributed by atoms with Crippen molar-refractivity contribution in [2.45, 2.75) is 19.8 Å². The van der Waals surface area contributed by atoms with E-state index in [0.29, 0.717) is 22.0 Å². The maximum atomic E-state index is 10.8. The predicted molar refractivity (Wildman–Crippen MR) is 74.5 cm³/mol. The van der Waals surface area contributed by atoms with Crippen molar-refractivity contribution in [1.82, 2.24) is 5.16 Å². The first kappa shape index (κ1) is 14.4. The predicted octanol–water partition coefficient (Wildman–Crippen LogP) is 3.83. The van der Waals surface area contributed by atoms with Crippen LogP contribution in [0.15, 0.2) is 22.7 Å². The van der Waals surface area contributed by atoms with Gasteiger partial charge in [0.25, 0.3) is 0 Å². The molecule has 20 heavy (non-hydrogen) atoms. The van der Waals surface area contributed by atoms with Gasteiger partial charge in [-0.05, 0) is 18.1 Å². The molecule has 0 spiro atoms. The zero-order valence-electron chi connectivity index (χ0n) is 11.3. The van der Waals surface area contributed by atoms with Gasteiger partial charge < -0.3 is 14.4 Å². The second-order valence-corrected chi connectivity index (χ2v) is 5.02. The maximum Gasteiger partial charge on any atom is 0.374 e. The van der Waals surface area contributed by atoms with Crippen molar-refractivity contribution in [2.75, 3.05) is 7.11 Å². The van der Waals surface area contributed by atoms with E-state index >= 15 is 0 Å². The lowest BCUT2D eigenvalue weighted by Gasteiger charge is -2.14. The van der Waals surface area contributed by atoms with Crippen LogP contribution in [-0.2, 0) is 0 Å². The van der Waals surface area contributed by atoms with Gasteiger partial charge in [0, 0.05) is 22.2 Å². The van der Waals surface area contributed by atoms with E-state index in [1.54, 1.807) is 19.2 Å². The Morgan fingerprint density at radius 1 is 1.40 bits per heavy atom. The maximum absolute atomic E-state index is 10.8. The summed E-state index contributed by atoms with van der Waals surface area (Å²) < 4.78 is 10.1. The fraction of sp³-hybridized carbons (Fsp3) is 0.286. The normalized spacial score (nSPS) is 10.8. The Hall–Kier alpha value is -2.01. The average molecular weight is 296 g/mol. The van der Waals surface area contributed by atoms with Gasteiger partial charge >= 0.3 is 5.97 Å². The van der Waals surface area contributed by atoms with Crippen molar-refractivity contribution >= 4 is 17.6 Å². The molecule has 6 heteroatoms. The summed E-state index contributed by atoms with van der Waals surface area (Å²) in [4.78, 5) is 10.8. The minimum Gasteiger partial charge on any atom is -0.496 e. The number of carboxylic acid groups (broad SMARTS) is 1. The van der Waals surface area contributed by atoms with Crippen LogP contribution in [0.25, 0.3) is 11.3 Å². The number of ether oxygens (including phenoxy) is 1. The Morgan fingerprint density at radius 3 is 2.60 bits per heavy atom. The molecule has 2 aromatic rings. The highest BCUT2D eigenvalue weighted by Gasteiger charge is 2.17. The average Bonchev–Trinajstić information content (AvgIpc) is 2.86. The number of carbonyl (C=O) groups is 1. The van der Waals surface area contributed by atoms with Crippen LogP contribution in [-0.4, -0.2) is 23.3 Å². The van der Waals surface area contributed by atoms with Crippen LogP contribution in [0.3, 0.4) is 0 Å². The molecule has 0 unspecified atom stereocenters. The molecular formula is C14H14ClNO4. The molecular weight excluding hydrogens is 282 g/mol. The van der Waals surface area contributed by atoms with Crippen LogP contribution >= 0.6 is 11.6 Å². The monoisotopic (exact) mass is 295 g/mol. The first-order valence-corrected chi connectivity index (χ1v) is 6.39. The lowest BCUT2D eigenvalue weighted by atomic mass is 9.99. The largest absolute Gasteiger partial charge is 0.496 e. The fourth-order valence-electron chi connectivity index (χ4n) is 1.98. The van der Waals surface area contributed by atoms with Gasteiger partial charge in [-0.15, -0.1) is 0 Å². The van der Waals surface area contributed by atoms with Gasteiger partial charge in [-0.1, -0.05) is 30.6 Å². The summed E-state index contributed by atoms with van der Waals surface area (Å²) in [7, 11) is 1.56. The van der Waals surface area contributed by atoms with E-state index in [0.717, 1.165) is 5.56 Å². The molecule has 2 rings (SSSR count). The van der Waals surface area contributed by atoms with Crippen molar-refractivity contribution in [3.63, 3.8) is 0 Å². The van der Waals surface area contributed by atoms with Crippen LogP contribution < -0.4 is 4.74 Å². The van der Waals surface area contributed by atoms with Crippen LogP contribution in [0.2, 0.25) is 5.02 Å². The second-order valence-electron chi connectivity index (χ2n) is 4.61. The molecule has 0 bridgehead atoms. The lowest BCUT2D eigenvalue weighted by molar-refractivity contribution is 0.0652. The number of hydrogen-bond acceptors (Lipinski definition) is 4. The third kappa shape index (κ3) is 2.63. The molecule has 0 atom stereocenters. The van der Waals surface area contributed by atoms with Gasteiger partial charge in [0.1, 0.15) is 11.4 Å². The molecule has 0 aliphatic heterocycles. The van der Waals surface area contributed by atoms with Crippen molar-refractivity contribution in [2.24, 2.45) is 0 Å². The number of rotatable bonds is 4. The number of nitrogens with zero attached hydrogens (tertiary/aromatic N) is 1. The van der Waals surface area contributed by atoms with Crippen LogP contribution in [0.5, 0.6) is 5.75 Å². The third-order valence-corrected chi connectivity index (χ3v) is 3.22. The van der Waals surface area contributed by atoms with E-state index in [-0.39, 0.29) is 11.7 Å². The summed E-state index contributed by atoms with van der Waals surface area (Å²) in [5.41, 5.74) is 1.95. The number of aromatic nitrogens is 1. The molecule has 0 amide bonds. The zero-order chi connectivity index (χ0) is 14.9. The van der Waals surface area contributed by atoms with E-state index in [2.05, 4.69) is 5.16 Å². The number of benzene rings is 1. The number of hydrogen-bond donors (Lipinski definition) is 1. The summed E-state index contributed by atoms with van der Waals surface area (Å²) >= 11 is 6.27.